The first-order valence-corrected chi connectivity index (χ1v) is 13.3. The summed E-state index contributed by atoms with van der Waals surface area (Å²) >= 11 is 0. The molecule has 1 saturated heterocycles. The maximum absolute atomic E-state index is 13.5. The van der Waals surface area contributed by atoms with Gasteiger partial charge in [0, 0.05) is 24.0 Å². The van der Waals surface area contributed by atoms with E-state index < -0.39 is 42.0 Å². The van der Waals surface area contributed by atoms with Crippen LogP contribution in [0.25, 0.3) is 0 Å². The molecule has 10 nitrogen and oxygen atoms in total. The van der Waals surface area contributed by atoms with Gasteiger partial charge in [-0.1, -0.05) is 42.0 Å². The molecule has 206 valence electrons. The number of aryl methyl sites for hydroxylation is 1. The highest BCUT2D eigenvalue weighted by molar-refractivity contribution is 6.06. The number of hydrogen-bond acceptors (Lipinski definition) is 7. The second-order valence-corrected chi connectivity index (χ2v) is 11.0. The Hall–Kier alpha value is -4.12. The van der Waals surface area contributed by atoms with Crippen molar-refractivity contribution < 1.29 is 24.6 Å². The summed E-state index contributed by atoms with van der Waals surface area (Å²) in [5.74, 6) is -0.420. The Bertz CT molecular complexity index is 1500. The third kappa shape index (κ3) is 4.16. The molecule has 0 saturated carbocycles. The SMILES string of the molecule is Cc1ccc(C2CNC(CO)(CO)C(=O)N2CC(=O)Nc2ccc3c(c2)C[C@@]2(C3)C(=O)Nc3ncccc32)cc1. The Kier molecular flexibility index (Phi) is 6.41. The highest BCUT2D eigenvalue weighted by atomic mass is 16.3. The van der Waals surface area contributed by atoms with Gasteiger partial charge < -0.3 is 25.7 Å². The third-order valence-corrected chi connectivity index (χ3v) is 8.46. The van der Waals surface area contributed by atoms with E-state index in [4.69, 9.17) is 0 Å². The van der Waals surface area contributed by atoms with Crippen molar-refractivity contribution in [1.82, 2.24) is 15.2 Å². The minimum atomic E-state index is -1.56. The van der Waals surface area contributed by atoms with E-state index in [9.17, 15) is 24.6 Å². The second-order valence-electron chi connectivity index (χ2n) is 11.0. The van der Waals surface area contributed by atoms with Crippen LogP contribution >= 0.6 is 0 Å². The van der Waals surface area contributed by atoms with Crippen LogP contribution in [0.1, 0.15) is 33.9 Å². The van der Waals surface area contributed by atoms with Crippen LogP contribution in [0.2, 0.25) is 0 Å². The molecule has 1 unspecified atom stereocenters. The van der Waals surface area contributed by atoms with Gasteiger partial charge in [-0.3, -0.25) is 19.7 Å². The van der Waals surface area contributed by atoms with Crippen molar-refractivity contribution in [1.29, 1.82) is 0 Å². The summed E-state index contributed by atoms with van der Waals surface area (Å²) in [6, 6.07) is 16.6. The minimum absolute atomic E-state index is 0.0707. The molecule has 1 spiro atoms. The molecular weight excluding hydrogens is 510 g/mol. The van der Waals surface area contributed by atoms with E-state index in [1.807, 2.05) is 55.5 Å². The summed E-state index contributed by atoms with van der Waals surface area (Å²) < 4.78 is 0. The maximum Gasteiger partial charge on any atom is 0.248 e. The van der Waals surface area contributed by atoms with Crippen molar-refractivity contribution in [3.05, 3.63) is 88.6 Å². The van der Waals surface area contributed by atoms with E-state index >= 15 is 0 Å². The van der Waals surface area contributed by atoms with Crippen molar-refractivity contribution >= 4 is 29.2 Å². The first kappa shape index (κ1) is 26.1. The molecule has 6 rings (SSSR count). The number of carbonyl (C=O) groups excluding carboxylic acids is 3. The Morgan fingerprint density at radius 1 is 1.07 bits per heavy atom. The molecule has 3 aliphatic rings. The summed E-state index contributed by atoms with van der Waals surface area (Å²) in [5, 5.41) is 28.7. The fraction of sp³-hybridized carbons (Fsp3) is 0.333. The number of aliphatic hydroxyl groups is 2. The van der Waals surface area contributed by atoms with E-state index in [0.717, 1.165) is 27.8 Å². The van der Waals surface area contributed by atoms with Gasteiger partial charge in [0.1, 0.15) is 17.9 Å². The second kappa shape index (κ2) is 9.81. The van der Waals surface area contributed by atoms with Crippen molar-refractivity contribution in [2.45, 2.75) is 36.8 Å². The summed E-state index contributed by atoms with van der Waals surface area (Å²) in [4.78, 5) is 45.5. The number of fused-ring (bicyclic) bond motifs is 3. The third-order valence-electron chi connectivity index (χ3n) is 8.46. The highest BCUT2D eigenvalue weighted by Crippen LogP contribution is 2.47. The van der Waals surface area contributed by atoms with Crippen molar-refractivity contribution in [3.63, 3.8) is 0 Å². The predicted octanol–water partition coefficient (Wildman–Crippen LogP) is 1.21. The summed E-state index contributed by atoms with van der Waals surface area (Å²) in [7, 11) is 0. The zero-order valence-electron chi connectivity index (χ0n) is 22.1. The monoisotopic (exact) mass is 541 g/mol. The fourth-order valence-corrected chi connectivity index (χ4v) is 6.16. The van der Waals surface area contributed by atoms with Gasteiger partial charge in [0.05, 0.1) is 24.7 Å². The number of anilines is 2. The van der Waals surface area contributed by atoms with Crippen molar-refractivity contribution in [2.24, 2.45) is 0 Å². The Morgan fingerprint density at radius 2 is 1.82 bits per heavy atom. The van der Waals surface area contributed by atoms with Crippen LogP contribution in [0.15, 0.2) is 60.8 Å². The smallest absolute Gasteiger partial charge is 0.248 e. The molecule has 3 aromatic rings. The molecule has 5 N–H and O–H groups in total. The Labute approximate surface area is 231 Å². The van der Waals surface area contributed by atoms with Gasteiger partial charge in [0.15, 0.2) is 0 Å². The molecule has 2 atom stereocenters. The van der Waals surface area contributed by atoms with Gasteiger partial charge in [0.25, 0.3) is 0 Å². The van der Waals surface area contributed by atoms with Crippen LogP contribution in [0.3, 0.4) is 0 Å². The summed E-state index contributed by atoms with van der Waals surface area (Å²) in [5.41, 5.74) is 3.11. The molecule has 40 heavy (non-hydrogen) atoms. The van der Waals surface area contributed by atoms with Gasteiger partial charge >= 0.3 is 0 Å². The zero-order valence-corrected chi connectivity index (χ0v) is 22.1. The van der Waals surface area contributed by atoms with Crippen LogP contribution in [0, 0.1) is 6.92 Å². The number of benzene rings is 2. The molecule has 0 bridgehead atoms. The van der Waals surface area contributed by atoms with Crippen LogP contribution in [0.4, 0.5) is 11.5 Å². The molecule has 2 aliphatic heterocycles. The summed E-state index contributed by atoms with van der Waals surface area (Å²) in [6.07, 6.45) is 2.71. The number of aliphatic hydroxyl groups excluding tert-OH is 2. The van der Waals surface area contributed by atoms with E-state index in [0.29, 0.717) is 24.3 Å². The molecule has 1 aromatic heterocycles. The lowest BCUT2D eigenvalue weighted by atomic mass is 9.79. The minimum Gasteiger partial charge on any atom is -0.394 e. The molecule has 3 heterocycles. The van der Waals surface area contributed by atoms with Crippen LogP contribution in [0.5, 0.6) is 0 Å². The van der Waals surface area contributed by atoms with Crippen molar-refractivity contribution in [3.8, 4) is 0 Å². The zero-order chi connectivity index (χ0) is 28.1. The molecule has 1 aliphatic carbocycles. The Morgan fingerprint density at radius 3 is 2.58 bits per heavy atom. The quantitative estimate of drug-likeness (QED) is 0.316. The largest absolute Gasteiger partial charge is 0.394 e. The van der Waals surface area contributed by atoms with Crippen LogP contribution in [-0.2, 0) is 32.6 Å². The molecule has 0 radical (unpaired) electrons. The number of piperazine rings is 1. The average Bonchev–Trinajstić information content (AvgIpc) is 3.47. The lowest BCUT2D eigenvalue weighted by molar-refractivity contribution is -0.151. The number of pyridine rings is 1. The normalized spacial score (nSPS) is 22.7. The van der Waals surface area contributed by atoms with Crippen molar-refractivity contribution in [2.75, 3.05) is 36.9 Å². The number of rotatable bonds is 6. The fourth-order valence-electron chi connectivity index (χ4n) is 6.16. The van der Waals surface area contributed by atoms with Gasteiger partial charge in [-0.25, -0.2) is 4.98 Å². The first-order valence-electron chi connectivity index (χ1n) is 13.3. The lowest BCUT2D eigenvalue weighted by Gasteiger charge is -2.45. The standard InChI is InChI=1S/C30H31N5O5/c1-18-4-6-19(7-5-18)24-14-32-30(16-36,17-37)28(40)35(24)15-25(38)33-22-9-8-20-12-29(13-21(20)11-22)23-3-2-10-31-26(23)34-27(29)39/h2-11,24,32,36-37H,12-17H2,1H3,(H,33,38)(H,31,34,39)/t24?,29-/m1/s1. The molecule has 1 fully saturated rings. The number of nitrogens with zero attached hydrogens (tertiary/aromatic N) is 2. The van der Waals surface area contributed by atoms with Gasteiger partial charge in [-0.05, 0) is 54.7 Å². The maximum atomic E-state index is 13.5. The van der Waals surface area contributed by atoms with Gasteiger partial charge in [-0.15, -0.1) is 0 Å². The topological polar surface area (TPSA) is 144 Å². The lowest BCUT2D eigenvalue weighted by Crippen LogP contribution is -2.69. The summed E-state index contributed by atoms with van der Waals surface area (Å²) in [6.45, 7) is 0.778. The van der Waals surface area contributed by atoms with Crippen LogP contribution < -0.4 is 16.0 Å². The number of nitrogens with one attached hydrogen (secondary N) is 3. The van der Waals surface area contributed by atoms with Gasteiger partial charge in [0.2, 0.25) is 17.7 Å². The molecule has 10 heteroatoms. The number of carbonyl (C=O) groups is 3. The number of hydrogen-bond donors (Lipinski definition) is 5. The average molecular weight is 542 g/mol. The molecule has 2 aromatic carbocycles. The number of aromatic nitrogens is 1. The van der Waals surface area contributed by atoms with E-state index in [-0.39, 0.29) is 19.0 Å². The Balaban J connectivity index is 1.22. The first-order chi connectivity index (χ1) is 19.3. The predicted molar refractivity (Wildman–Crippen MR) is 148 cm³/mol. The molecule has 3 amide bonds. The van der Waals surface area contributed by atoms with E-state index in [1.54, 1.807) is 12.3 Å². The highest BCUT2D eigenvalue weighted by Gasteiger charge is 2.51. The van der Waals surface area contributed by atoms with Crippen LogP contribution in [-0.4, -0.2) is 69.7 Å². The molecular formula is C30H31N5O5. The van der Waals surface area contributed by atoms with E-state index in [2.05, 4.69) is 20.9 Å². The van der Waals surface area contributed by atoms with E-state index in [1.165, 1.54) is 4.90 Å². The van der Waals surface area contributed by atoms with Gasteiger partial charge in [-0.2, -0.15) is 0 Å². The number of amides is 3.